The van der Waals surface area contributed by atoms with Crippen LogP contribution in [0.1, 0.15) is 25.0 Å². The fourth-order valence-electron chi connectivity index (χ4n) is 10.6. The van der Waals surface area contributed by atoms with Gasteiger partial charge in [-0.3, -0.25) is 0 Å². The topological polar surface area (TPSA) is 9.72 Å². The average Bonchev–Trinajstić information content (AvgIpc) is 3.53. The van der Waals surface area contributed by atoms with Gasteiger partial charge in [-0.05, 0) is 128 Å². The molecule has 0 amide bonds. The van der Waals surface area contributed by atoms with Crippen molar-refractivity contribution >= 4 is 85.1 Å². The number of rotatable bonds is 5. The van der Waals surface area contributed by atoms with Gasteiger partial charge in [0.25, 0.3) is 6.71 Å². The second-order valence-electron chi connectivity index (χ2n) is 16.5. The molecule has 59 heavy (non-hydrogen) atoms. The molecule has 0 bridgehead atoms. The minimum Gasteiger partial charge on any atom is -0.311 e. The molecule has 0 fully saturated rings. The lowest BCUT2D eigenvalue weighted by atomic mass is 9.33. The van der Waals surface area contributed by atoms with Crippen molar-refractivity contribution < 1.29 is 0 Å². The van der Waals surface area contributed by atoms with Crippen molar-refractivity contribution in [1.82, 2.24) is 0 Å². The van der Waals surface area contributed by atoms with Crippen LogP contribution >= 0.6 is 0 Å². The van der Waals surface area contributed by atoms with Crippen LogP contribution in [0.25, 0.3) is 21.9 Å². The van der Waals surface area contributed by atoms with Crippen LogP contribution in [0.4, 0.5) is 51.2 Å². The summed E-state index contributed by atoms with van der Waals surface area (Å²) in [7, 11) is 0. The highest BCUT2D eigenvalue weighted by Crippen LogP contribution is 2.59. The molecule has 3 nitrogen and oxygen atoms in total. The van der Waals surface area contributed by atoms with E-state index in [0.717, 1.165) is 22.7 Å². The number of para-hydroxylation sites is 6. The van der Waals surface area contributed by atoms with Crippen LogP contribution in [-0.4, -0.2) is 6.71 Å². The summed E-state index contributed by atoms with van der Waals surface area (Å²) in [5.41, 5.74) is 19.8. The molecule has 2 heterocycles. The Hall–Kier alpha value is -7.30. The highest BCUT2D eigenvalue weighted by atomic mass is 15.2. The molecule has 0 aromatic heterocycles. The van der Waals surface area contributed by atoms with E-state index in [9.17, 15) is 0 Å². The van der Waals surface area contributed by atoms with Crippen molar-refractivity contribution in [3.8, 4) is 11.1 Å². The Morgan fingerprint density at radius 2 is 0.949 bits per heavy atom. The van der Waals surface area contributed by atoms with Crippen LogP contribution < -0.4 is 31.1 Å². The number of hydrogen-bond donors (Lipinski definition) is 0. The quantitative estimate of drug-likeness (QED) is 0.162. The van der Waals surface area contributed by atoms with Gasteiger partial charge in [-0.2, -0.15) is 0 Å². The van der Waals surface area contributed by atoms with E-state index < -0.39 is 0 Å². The molecule has 0 unspecified atom stereocenters. The van der Waals surface area contributed by atoms with E-state index in [1.54, 1.807) is 0 Å². The second kappa shape index (κ2) is 12.9. The van der Waals surface area contributed by atoms with Gasteiger partial charge in [0.1, 0.15) is 0 Å². The van der Waals surface area contributed by atoms with Crippen LogP contribution in [0.15, 0.2) is 206 Å². The van der Waals surface area contributed by atoms with E-state index in [4.69, 9.17) is 0 Å². The average molecular weight is 754 g/mol. The van der Waals surface area contributed by atoms with Crippen LogP contribution in [0, 0.1) is 0 Å². The fraction of sp³-hybridized carbons (Fsp3) is 0.0545. The third kappa shape index (κ3) is 4.90. The molecule has 0 radical (unpaired) electrons. The summed E-state index contributed by atoms with van der Waals surface area (Å²) < 4.78 is 0. The Labute approximate surface area is 346 Å². The molecule has 0 saturated carbocycles. The lowest BCUT2D eigenvalue weighted by Crippen LogP contribution is -2.61. The molecule has 0 N–H and O–H groups in total. The standard InChI is InChI=1S/C55H40BN3/c1-55(2)51-43-34-32-42(57(38-19-7-3-8-20-38)39-21-9-4-10-22-39)35-37(43)31-33-44(51)45-36-50-53-54(52(45)55)59(41-25-13-6-14-26-41)49-30-18-16-28-47(49)56(53)46-27-15-17-29-48(46)58(50)40-23-11-5-12-24-40/h3-36H,1-2H3. The van der Waals surface area contributed by atoms with Gasteiger partial charge in [-0.1, -0.05) is 141 Å². The smallest absolute Gasteiger partial charge is 0.252 e. The van der Waals surface area contributed by atoms with E-state index in [2.05, 4.69) is 235 Å². The summed E-state index contributed by atoms with van der Waals surface area (Å²) in [5.74, 6) is 0. The Morgan fingerprint density at radius 3 is 1.56 bits per heavy atom. The first-order valence-corrected chi connectivity index (χ1v) is 20.7. The second-order valence-corrected chi connectivity index (χ2v) is 16.5. The number of hydrogen-bond acceptors (Lipinski definition) is 3. The lowest BCUT2D eigenvalue weighted by Gasteiger charge is -2.46. The number of anilines is 9. The maximum absolute atomic E-state index is 2.58. The van der Waals surface area contributed by atoms with Crippen LogP contribution in [0.3, 0.4) is 0 Å². The van der Waals surface area contributed by atoms with Crippen LogP contribution in [0.5, 0.6) is 0 Å². The third-order valence-electron chi connectivity index (χ3n) is 12.9. The van der Waals surface area contributed by atoms with E-state index >= 15 is 0 Å². The predicted octanol–water partition coefficient (Wildman–Crippen LogP) is 12.7. The third-order valence-corrected chi connectivity index (χ3v) is 12.9. The minimum absolute atomic E-state index is 0.0680. The van der Waals surface area contributed by atoms with Crippen molar-refractivity contribution in [3.63, 3.8) is 0 Å². The van der Waals surface area contributed by atoms with Crippen molar-refractivity contribution in [1.29, 1.82) is 0 Å². The van der Waals surface area contributed by atoms with Crippen molar-refractivity contribution in [2.45, 2.75) is 19.3 Å². The molecule has 1 aliphatic carbocycles. The molecule has 3 aliphatic rings. The highest BCUT2D eigenvalue weighted by Gasteiger charge is 2.49. The minimum atomic E-state index is -0.326. The van der Waals surface area contributed by atoms with Gasteiger partial charge >= 0.3 is 0 Å². The van der Waals surface area contributed by atoms with Gasteiger partial charge in [0.2, 0.25) is 0 Å². The van der Waals surface area contributed by atoms with Crippen molar-refractivity contribution in [2.75, 3.05) is 14.7 Å². The molecular formula is C55H40BN3. The summed E-state index contributed by atoms with van der Waals surface area (Å²) in [5, 5.41) is 2.53. The summed E-state index contributed by atoms with van der Waals surface area (Å²) in [4.78, 5) is 7.45. The molecule has 0 saturated heterocycles. The molecule has 0 atom stereocenters. The Bertz CT molecular complexity index is 3040. The summed E-state index contributed by atoms with van der Waals surface area (Å²) in [6, 6.07) is 75.8. The first kappa shape index (κ1) is 33.8. The van der Waals surface area contributed by atoms with E-state index in [0.29, 0.717) is 0 Å². The van der Waals surface area contributed by atoms with Crippen molar-refractivity contribution in [3.05, 3.63) is 217 Å². The molecule has 0 spiro atoms. The van der Waals surface area contributed by atoms with Crippen LogP contribution in [-0.2, 0) is 5.41 Å². The molecule has 4 heteroatoms. The lowest BCUT2D eigenvalue weighted by molar-refractivity contribution is 0.667. The van der Waals surface area contributed by atoms with Gasteiger partial charge in [0.05, 0.1) is 0 Å². The van der Waals surface area contributed by atoms with Crippen LogP contribution in [0.2, 0.25) is 0 Å². The molecule has 12 rings (SSSR count). The number of benzene rings is 9. The Morgan fingerprint density at radius 1 is 0.424 bits per heavy atom. The molecule has 9 aromatic rings. The fourth-order valence-corrected chi connectivity index (χ4v) is 10.6. The molecule has 2 aliphatic heterocycles. The normalized spacial score (nSPS) is 14.0. The van der Waals surface area contributed by atoms with Crippen molar-refractivity contribution in [2.24, 2.45) is 0 Å². The molecular weight excluding hydrogens is 713 g/mol. The maximum atomic E-state index is 2.58. The largest absolute Gasteiger partial charge is 0.311 e. The predicted molar refractivity (Wildman–Crippen MR) is 250 cm³/mol. The van der Waals surface area contributed by atoms with E-state index in [1.165, 1.54) is 77.9 Å². The number of nitrogens with zero attached hydrogens (tertiary/aromatic N) is 3. The Kier molecular flexibility index (Phi) is 7.37. The van der Waals surface area contributed by atoms with E-state index in [-0.39, 0.29) is 12.1 Å². The van der Waals surface area contributed by atoms with Gasteiger partial charge in [0.15, 0.2) is 0 Å². The zero-order valence-electron chi connectivity index (χ0n) is 33.0. The monoisotopic (exact) mass is 753 g/mol. The van der Waals surface area contributed by atoms with Gasteiger partial charge in [-0.25, -0.2) is 0 Å². The SMILES string of the molecule is CC1(C)c2c(cc3c4c2N(c2ccccc2)c2ccccc2B4c2ccccc2N3c2ccccc2)-c2ccc3cc(N(c4ccccc4)c4ccccc4)ccc3c21. The van der Waals surface area contributed by atoms with Gasteiger partial charge in [-0.15, -0.1) is 0 Å². The maximum Gasteiger partial charge on any atom is 0.252 e. The highest BCUT2D eigenvalue weighted by molar-refractivity contribution is 7.00. The zero-order chi connectivity index (χ0) is 39.2. The van der Waals surface area contributed by atoms with Gasteiger partial charge in [0, 0.05) is 56.6 Å². The molecule has 278 valence electrons. The number of fused-ring (bicyclic) bond motifs is 10. The summed E-state index contributed by atoms with van der Waals surface area (Å²) in [6.45, 7) is 4.98. The Balaban J connectivity index is 1.15. The molecule has 9 aromatic carbocycles. The first-order valence-electron chi connectivity index (χ1n) is 20.7. The van der Waals surface area contributed by atoms with Gasteiger partial charge < -0.3 is 14.7 Å². The summed E-state index contributed by atoms with van der Waals surface area (Å²) in [6.07, 6.45) is 0. The van der Waals surface area contributed by atoms with E-state index in [1.807, 2.05) is 0 Å². The zero-order valence-corrected chi connectivity index (χ0v) is 33.0. The summed E-state index contributed by atoms with van der Waals surface area (Å²) >= 11 is 0. The first-order chi connectivity index (χ1) is 29.1.